The molecular formula is C43H52N6O10S4. The second kappa shape index (κ2) is 17.9. The highest BCUT2D eigenvalue weighted by Gasteiger charge is 2.41. The first-order valence-electron chi connectivity index (χ1n) is 20.6. The zero-order valence-electron chi connectivity index (χ0n) is 36.1. The number of ketones is 2. The van der Waals surface area contributed by atoms with Gasteiger partial charge in [0, 0.05) is 76.0 Å². The van der Waals surface area contributed by atoms with Gasteiger partial charge in [-0.15, -0.1) is 0 Å². The van der Waals surface area contributed by atoms with Crippen molar-refractivity contribution in [1.82, 2.24) is 19.8 Å². The fraction of sp³-hybridized carbons (Fsp3) is 0.488. The zero-order chi connectivity index (χ0) is 45.5. The van der Waals surface area contributed by atoms with E-state index in [0.717, 1.165) is 25.5 Å². The van der Waals surface area contributed by atoms with E-state index in [1.54, 1.807) is 34.1 Å². The molecule has 3 aliphatic rings. The molecule has 0 aliphatic carbocycles. The van der Waals surface area contributed by atoms with Crippen LogP contribution in [0.5, 0.6) is 0 Å². The van der Waals surface area contributed by atoms with Crippen molar-refractivity contribution in [3.8, 4) is 0 Å². The molecule has 0 saturated carbocycles. The standard InChI is InChI=1S/C43H52N6O10S4/c1-42(2,58-40(52)47-19-17-46(18-20-47)38-44-23-34(60-38)36(50)28-9-7-11-32(21-28)62(5,54)55)14-15-43(3,4)59-41(53)48-16-13-30-25-49(27-31(30)26-48)39-45-24-35(61-39)37(51)29-10-8-12-33(22-29)63(6,56)57/h7-12,21-24,30-31H,13-20,25-27H2,1-6H3. The maximum atomic E-state index is 13.5. The molecule has 3 fully saturated rings. The van der Waals surface area contributed by atoms with E-state index in [0.29, 0.717) is 84.6 Å². The number of hydrogen-bond donors (Lipinski definition) is 0. The molecule has 20 heteroatoms. The van der Waals surface area contributed by atoms with Crippen molar-refractivity contribution >= 4 is 76.4 Å². The average molecular weight is 941 g/mol. The number of carbonyl (C=O) groups excluding carboxylic acids is 4. The molecule has 3 aliphatic heterocycles. The molecule has 338 valence electrons. The summed E-state index contributed by atoms with van der Waals surface area (Å²) < 4.78 is 60.0. The first-order chi connectivity index (χ1) is 29.5. The van der Waals surface area contributed by atoms with Gasteiger partial charge in [-0.2, -0.15) is 0 Å². The maximum absolute atomic E-state index is 13.5. The van der Waals surface area contributed by atoms with Crippen molar-refractivity contribution in [1.29, 1.82) is 0 Å². The number of benzene rings is 2. The number of amides is 2. The minimum atomic E-state index is -3.47. The third-order valence-corrected chi connectivity index (χ3v) is 16.0. The molecule has 2 aromatic heterocycles. The van der Waals surface area contributed by atoms with Crippen LogP contribution in [0.15, 0.2) is 70.7 Å². The number of piperazine rings is 1. The molecule has 4 aromatic rings. The van der Waals surface area contributed by atoms with E-state index in [-0.39, 0.29) is 44.5 Å². The molecule has 0 bridgehead atoms. The highest BCUT2D eigenvalue weighted by molar-refractivity contribution is 7.91. The number of hydrogen-bond acceptors (Lipinski definition) is 16. The number of rotatable bonds is 13. The number of anilines is 2. The summed E-state index contributed by atoms with van der Waals surface area (Å²) in [7, 11) is -6.93. The Morgan fingerprint density at radius 1 is 0.635 bits per heavy atom. The van der Waals surface area contributed by atoms with Crippen LogP contribution in [0.4, 0.5) is 19.9 Å². The second-order valence-electron chi connectivity index (χ2n) is 17.7. The van der Waals surface area contributed by atoms with Crippen LogP contribution in [0, 0.1) is 11.8 Å². The minimum absolute atomic E-state index is 0.0728. The van der Waals surface area contributed by atoms with E-state index < -0.39 is 37.0 Å². The van der Waals surface area contributed by atoms with Gasteiger partial charge < -0.3 is 29.1 Å². The third-order valence-electron chi connectivity index (χ3n) is 11.7. The lowest BCUT2D eigenvalue weighted by Crippen LogP contribution is -2.50. The Labute approximate surface area is 376 Å². The zero-order valence-corrected chi connectivity index (χ0v) is 39.4. The van der Waals surface area contributed by atoms with Crippen molar-refractivity contribution in [2.24, 2.45) is 11.8 Å². The fourth-order valence-corrected chi connectivity index (χ4v) is 11.1. The number of sulfone groups is 2. The van der Waals surface area contributed by atoms with Crippen LogP contribution in [0.2, 0.25) is 0 Å². The number of likely N-dealkylation sites (tertiary alicyclic amines) is 1. The lowest BCUT2D eigenvalue weighted by molar-refractivity contribution is -0.0304. The van der Waals surface area contributed by atoms with Gasteiger partial charge in [-0.3, -0.25) is 9.59 Å². The van der Waals surface area contributed by atoms with Gasteiger partial charge in [-0.05, 0) is 83.1 Å². The lowest BCUT2D eigenvalue weighted by Gasteiger charge is -2.38. The maximum Gasteiger partial charge on any atom is 0.410 e. The van der Waals surface area contributed by atoms with Gasteiger partial charge in [0.25, 0.3) is 0 Å². The van der Waals surface area contributed by atoms with Crippen molar-refractivity contribution < 1.29 is 45.5 Å². The highest BCUT2D eigenvalue weighted by atomic mass is 32.2. The number of aromatic nitrogens is 2. The number of carbonyl (C=O) groups is 4. The van der Waals surface area contributed by atoms with Crippen molar-refractivity contribution in [3.05, 3.63) is 81.8 Å². The molecule has 0 spiro atoms. The van der Waals surface area contributed by atoms with E-state index in [1.807, 2.05) is 32.6 Å². The summed E-state index contributed by atoms with van der Waals surface area (Å²) in [6, 6.07) is 12.0. The Bertz CT molecular complexity index is 2620. The number of ether oxygens (including phenoxy) is 2. The van der Waals surface area contributed by atoms with Crippen LogP contribution >= 0.6 is 22.7 Å². The van der Waals surface area contributed by atoms with Crippen molar-refractivity contribution in [2.75, 3.05) is 74.7 Å². The van der Waals surface area contributed by atoms with E-state index in [1.165, 1.54) is 59.3 Å². The smallest absolute Gasteiger partial charge is 0.410 e. The molecule has 2 amide bonds. The highest BCUT2D eigenvalue weighted by Crippen LogP contribution is 2.37. The number of thiazole rings is 2. The van der Waals surface area contributed by atoms with Crippen LogP contribution in [0.1, 0.15) is 77.4 Å². The summed E-state index contributed by atoms with van der Waals surface area (Å²) in [5.74, 6) is -0.0427. The van der Waals surface area contributed by atoms with Gasteiger partial charge in [0.2, 0.25) is 11.6 Å². The van der Waals surface area contributed by atoms with Gasteiger partial charge in [0.05, 0.1) is 31.9 Å². The predicted molar refractivity (Wildman–Crippen MR) is 240 cm³/mol. The van der Waals surface area contributed by atoms with E-state index in [4.69, 9.17) is 9.47 Å². The van der Waals surface area contributed by atoms with Gasteiger partial charge in [-0.25, -0.2) is 36.4 Å². The molecule has 2 atom stereocenters. The number of nitrogens with zero attached hydrogens (tertiary/aromatic N) is 6. The normalized spacial score (nSPS) is 18.6. The number of fused-ring (bicyclic) bond motifs is 1. The van der Waals surface area contributed by atoms with Gasteiger partial charge in [-0.1, -0.05) is 46.9 Å². The molecule has 63 heavy (non-hydrogen) atoms. The average Bonchev–Trinajstić information content (AvgIpc) is 4.02. The Hall–Kier alpha value is -4.92. The van der Waals surface area contributed by atoms with Crippen LogP contribution in [-0.4, -0.2) is 136 Å². The Morgan fingerprint density at radius 2 is 1.10 bits per heavy atom. The first-order valence-corrected chi connectivity index (χ1v) is 26.0. The molecule has 2 aromatic carbocycles. The first kappa shape index (κ1) is 46.1. The topological polar surface area (TPSA) is 194 Å². The van der Waals surface area contributed by atoms with Crippen LogP contribution in [0.3, 0.4) is 0 Å². The van der Waals surface area contributed by atoms with E-state index in [9.17, 15) is 36.0 Å². The van der Waals surface area contributed by atoms with Crippen LogP contribution in [-0.2, 0) is 29.1 Å². The summed E-state index contributed by atoms with van der Waals surface area (Å²) in [6.45, 7) is 11.7. The molecule has 16 nitrogen and oxygen atoms in total. The molecule has 0 radical (unpaired) electrons. The van der Waals surface area contributed by atoms with Crippen molar-refractivity contribution in [2.45, 2.75) is 68.0 Å². The quantitative estimate of drug-likeness (QED) is 0.140. The molecular weight excluding hydrogens is 889 g/mol. The van der Waals surface area contributed by atoms with Crippen LogP contribution < -0.4 is 9.80 Å². The van der Waals surface area contributed by atoms with Gasteiger partial charge in [0.15, 0.2) is 29.9 Å². The largest absolute Gasteiger partial charge is 0.443 e. The minimum Gasteiger partial charge on any atom is -0.443 e. The molecule has 5 heterocycles. The predicted octanol–water partition coefficient (Wildman–Crippen LogP) is 6.06. The summed E-state index contributed by atoms with van der Waals surface area (Å²) in [6.07, 6.45) is 6.10. The molecule has 2 unspecified atom stereocenters. The second-order valence-corrected chi connectivity index (χ2v) is 23.7. The monoisotopic (exact) mass is 940 g/mol. The summed E-state index contributed by atoms with van der Waals surface area (Å²) >= 11 is 2.50. The van der Waals surface area contributed by atoms with Gasteiger partial charge >= 0.3 is 12.2 Å². The molecule has 0 N–H and O–H groups in total. The molecule has 7 rings (SSSR count). The SMILES string of the molecule is CC(C)(CCC(C)(C)OC(=O)N1CCC2CN(c3ncc(C(=O)c4cccc(S(C)(=O)=O)c4)s3)CC2C1)OC(=O)N1CCN(c2ncc(C(=O)c3cccc(S(C)(=O)=O)c3)s2)CC1. The third kappa shape index (κ3) is 11.1. The Morgan fingerprint density at radius 3 is 1.59 bits per heavy atom. The van der Waals surface area contributed by atoms with E-state index in [2.05, 4.69) is 14.9 Å². The summed E-state index contributed by atoms with van der Waals surface area (Å²) in [5.41, 5.74) is -1.12. The van der Waals surface area contributed by atoms with Gasteiger partial charge in [0.1, 0.15) is 11.2 Å². The lowest BCUT2D eigenvalue weighted by atomic mass is 9.89. The Kier molecular flexibility index (Phi) is 13.1. The summed E-state index contributed by atoms with van der Waals surface area (Å²) in [4.78, 5) is 70.7. The number of piperidine rings is 1. The Balaban J connectivity index is 0.846. The van der Waals surface area contributed by atoms with Crippen LogP contribution in [0.25, 0.3) is 0 Å². The molecule has 3 saturated heterocycles. The fourth-order valence-electron chi connectivity index (χ4n) is 7.93. The van der Waals surface area contributed by atoms with E-state index >= 15 is 0 Å². The summed E-state index contributed by atoms with van der Waals surface area (Å²) in [5, 5.41) is 1.35. The van der Waals surface area contributed by atoms with Crippen molar-refractivity contribution in [3.63, 3.8) is 0 Å².